The Balaban J connectivity index is 1.89. The van der Waals surface area contributed by atoms with Crippen LogP contribution in [0.25, 0.3) is 6.08 Å². The second-order valence-electron chi connectivity index (χ2n) is 9.11. The summed E-state index contributed by atoms with van der Waals surface area (Å²) >= 11 is 0. The molecule has 2 aliphatic rings. The molecule has 3 N–H and O–H groups in total. The Morgan fingerprint density at radius 1 is 1.18 bits per heavy atom. The number of ketones is 1. The van der Waals surface area contributed by atoms with Crippen molar-refractivity contribution in [3.8, 4) is 34.5 Å². The maximum absolute atomic E-state index is 13.6. The Hall–Kier alpha value is -3.61. The van der Waals surface area contributed by atoms with Crippen LogP contribution in [0, 0.1) is 0 Å². The van der Waals surface area contributed by atoms with Gasteiger partial charge in [0.25, 0.3) is 0 Å². The summed E-state index contributed by atoms with van der Waals surface area (Å²) < 4.78 is 17.4. The van der Waals surface area contributed by atoms with Gasteiger partial charge < -0.3 is 29.5 Å². The number of fused-ring (bicyclic) bond motifs is 2. The lowest BCUT2D eigenvalue weighted by Crippen LogP contribution is -2.31. The number of benzene rings is 2. The van der Waals surface area contributed by atoms with Crippen molar-refractivity contribution in [2.45, 2.75) is 45.6 Å². The maximum Gasteiger partial charge on any atom is 0.181 e. The largest absolute Gasteiger partial charge is 0.507 e. The van der Waals surface area contributed by atoms with Gasteiger partial charge >= 0.3 is 0 Å². The molecule has 0 radical (unpaired) electrons. The van der Waals surface area contributed by atoms with Gasteiger partial charge in [0.1, 0.15) is 40.8 Å². The molecule has 2 aromatic carbocycles. The summed E-state index contributed by atoms with van der Waals surface area (Å²) in [5.74, 6) is -1.09. The summed E-state index contributed by atoms with van der Waals surface area (Å²) in [7, 11) is 1.38. The molecule has 7 heteroatoms. The number of carbonyl (C=O) groups excluding carboxylic acids is 1. The minimum absolute atomic E-state index is 0.0490. The quantitative estimate of drug-likeness (QED) is 0.569. The summed E-state index contributed by atoms with van der Waals surface area (Å²) in [6.07, 6.45) is 6.07. The van der Waals surface area contributed by atoms with Crippen molar-refractivity contribution >= 4 is 11.9 Å². The van der Waals surface area contributed by atoms with E-state index in [0.717, 1.165) is 11.6 Å². The molecular formula is C26H28O7. The van der Waals surface area contributed by atoms with Gasteiger partial charge in [0.15, 0.2) is 17.3 Å². The van der Waals surface area contributed by atoms with Crippen LogP contribution >= 0.6 is 0 Å². The summed E-state index contributed by atoms with van der Waals surface area (Å²) in [5.41, 5.74) is 1.93. The molecule has 0 aromatic heterocycles. The monoisotopic (exact) mass is 452 g/mol. The van der Waals surface area contributed by atoms with Crippen LogP contribution < -0.4 is 14.2 Å². The van der Waals surface area contributed by atoms with Crippen molar-refractivity contribution < 1.29 is 34.3 Å². The van der Waals surface area contributed by atoms with Gasteiger partial charge in [-0.3, -0.25) is 4.79 Å². The van der Waals surface area contributed by atoms with Crippen LogP contribution in [0.4, 0.5) is 0 Å². The molecular weight excluding hydrogens is 424 g/mol. The van der Waals surface area contributed by atoms with E-state index in [9.17, 15) is 20.1 Å². The fourth-order valence-corrected chi connectivity index (χ4v) is 4.16. The Bertz CT molecular complexity index is 1200. The lowest BCUT2D eigenvalue weighted by atomic mass is 9.84. The minimum Gasteiger partial charge on any atom is -0.507 e. The Labute approximate surface area is 192 Å². The highest BCUT2D eigenvalue weighted by atomic mass is 16.5. The summed E-state index contributed by atoms with van der Waals surface area (Å²) in [5, 5.41) is 31.5. The van der Waals surface area contributed by atoms with Crippen molar-refractivity contribution in [1.82, 2.24) is 0 Å². The molecule has 0 saturated heterocycles. The molecule has 7 nitrogen and oxygen atoms in total. The van der Waals surface area contributed by atoms with Gasteiger partial charge in [-0.05, 0) is 52.3 Å². The van der Waals surface area contributed by atoms with E-state index in [4.69, 9.17) is 14.2 Å². The van der Waals surface area contributed by atoms with Crippen LogP contribution in [0.15, 0.2) is 29.9 Å². The molecule has 0 aliphatic carbocycles. The highest BCUT2D eigenvalue weighted by Crippen LogP contribution is 2.51. The van der Waals surface area contributed by atoms with Crippen LogP contribution in [0.5, 0.6) is 34.5 Å². The molecule has 1 unspecified atom stereocenters. The SMILES string of the molecule is COc1cc(C2COc3c(CC=C(C)C)c4c(c(O)c3C2=O)C=CC(C)(C)O4)c(O)cc1O. The molecule has 174 valence electrons. The van der Waals surface area contributed by atoms with Gasteiger partial charge in [0.2, 0.25) is 0 Å². The first-order valence-electron chi connectivity index (χ1n) is 10.7. The highest BCUT2D eigenvalue weighted by Gasteiger charge is 2.40. The third kappa shape index (κ3) is 3.88. The minimum atomic E-state index is -0.891. The average molecular weight is 453 g/mol. The second kappa shape index (κ2) is 8.06. The first-order chi connectivity index (χ1) is 15.5. The number of methoxy groups -OCH3 is 1. The topological polar surface area (TPSA) is 105 Å². The van der Waals surface area contributed by atoms with E-state index < -0.39 is 17.3 Å². The molecule has 2 heterocycles. The molecule has 2 aliphatic heterocycles. The average Bonchev–Trinajstić information content (AvgIpc) is 2.73. The Morgan fingerprint density at radius 2 is 1.91 bits per heavy atom. The molecule has 33 heavy (non-hydrogen) atoms. The summed E-state index contributed by atoms with van der Waals surface area (Å²) in [4.78, 5) is 13.6. The van der Waals surface area contributed by atoms with E-state index >= 15 is 0 Å². The van der Waals surface area contributed by atoms with Gasteiger partial charge in [0, 0.05) is 17.2 Å². The van der Waals surface area contributed by atoms with E-state index in [1.165, 1.54) is 13.2 Å². The second-order valence-corrected chi connectivity index (χ2v) is 9.11. The van der Waals surface area contributed by atoms with E-state index in [0.29, 0.717) is 29.0 Å². The third-order valence-corrected chi connectivity index (χ3v) is 5.90. The van der Waals surface area contributed by atoms with Crippen LogP contribution in [-0.2, 0) is 6.42 Å². The Morgan fingerprint density at radius 3 is 2.58 bits per heavy atom. The van der Waals surface area contributed by atoms with Crippen molar-refractivity contribution in [3.63, 3.8) is 0 Å². The molecule has 0 fully saturated rings. The molecule has 0 bridgehead atoms. The number of Topliss-reactive ketones (excluding diaryl/α,β-unsaturated/α-hetero) is 1. The number of carbonyl (C=O) groups is 1. The van der Waals surface area contributed by atoms with Gasteiger partial charge in [-0.25, -0.2) is 0 Å². The number of hydrogen-bond donors (Lipinski definition) is 3. The Kier molecular flexibility index (Phi) is 5.52. The smallest absolute Gasteiger partial charge is 0.181 e. The number of aromatic hydroxyl groups is 3. The fraction of sp³-hybridized carbons (Fsp3) is 0.346. The number of phenolic OH excluding ortho intramolecular Hbond substituents is 3. The number of allylic oxidation sites excluding steroid dienone is 2. The lowest BCUT2D eigenvalue weighted by molar-refractivity contribution is 0.0886. The first kappa shape index (κ1) is 22.6. The van der Waals surface area contributed by atoms with Crippen LogP contribution in [0.2, 0.25) is 0 Å². The summed E-state index contributed by atoms with van der Waals surface area (Å²) in [6.45, 7) is 7.74. The molecule has 2 aromatic rings. The van der Waals surface area contributed by atoms with Crippen LogP contribution in [0.3, 0.4) is 0 Å². The van der Waals surface area contributed by atoms with E-state index in [1.54, 1.807) is 6.08 Å². The highest BCUT2D eigenvalue weighted by molar-refractivity contribution is 6.08. The number of rotatable bonds is 4. The lowest BCUT2D eigenvalue weighted by Gasteiger charge is -2.34. The third-order valence-electron chi connectivity index (χ3n) is 5.90. The van der Waals surface area contributed by atoms with Crippen LogP contribution in [0.1, 0.15) is 60.7 Å². The zero-order chi connectivity index (χ0) is 24.1. The van der Waals surface area contributed by atoms with Gasteiger partial charge in [-0.1, -0.05) is 11.6 Å². The maximum atomic E-state index is 13.6. The van der Waals surface area contributed by atoms with Crippen molar-refractivity contribution in [3.05, 3.63) is 52.1 Å². The number of phenols is 3. The van der Waals surface area contributed by atoms with E-state index in [1.807, 2.05) is 39.8 Å². The van der Waals surface area contributed by atoms with Crippen LogP contribution in [-0.4, -0.2) is 40.4 Å². The van der Waals surface area contributed by atoms with Gasteiger partial charge in [0.05, 0.1) is 18.6 Å². The molecule has 0 amide bonds. The number of hydrogen-bond acceptors (Lipinski definition) is 7. The predicted molar refractivity (Wildman–Crippen MR) is 124 cm³/mol. The molecule has 0 saturated carbocycles. The van der Waals surface area contributed by atoms with Crippen molar-refractivity contribution in [1.29, 1.82) is 0 Å². The van der Waals surface area contributed by atoms with Gasteiger partial charge in [-0.2, -0.15) is 0 Å². The zero-order valence-corrected chi connectivity index (χ0v) is 19.4. The predicted octanol–water partition coefficient (Wildman–Crippen LogP) is 4.86. The zero-order valence-electron chi connectivity index (χ0n) is 19.4. The number of ether oxygens (including phenoxy) is 3. The summed E-state index contributed by atoms with van der Waals surface area (Å²) in [6, 6.07) is 2.54. The standard InChI is InChI=1S/C26H28O7/c1-13(2)6-7-15-24-14(8-9-26(3,4)33-24)22(29)21-23(30)17(12-32-25(15)21)16-10-20(31-5)19(28)11-18(16)27/h6,8-11,17,27-29H,7,12H2,1-5H3. The van der Waals surface area contributed by atoms with E-state index in [2.05, 4.69) is 0 Å². The molecule has 1 atom stereocenters. The molecule has 4 rings (SSSR count). The van der Waals surface area contributed by atoms with Gasteiger partial charge in [-0.15, -0.1) is 0 Å². The normalized spacial score (nSPS) is 18.0. The first-order valence-corrected chi connectivity index (χ1v) is 10.7. The van der Waals surface area contributed by atoms with Crippen molar-refractivity contribution in [2.24, 2.45) is 0 Å². The van der Waals surface area contributed by atoms with Crippen molar-refractivity contribution in [2.75, 3.05) is 13.7 Å². The van der Waals surface area contributed by atoms with E-state index in [-0.39, 0.29) is 40.7 Å². The molecule has 0 spiro atoms. The fourth-order valence-electron chi connectivity index (χ4n) is 4.16.